The standard InChI is InChI=1S/C26H39FN2O6S/c1-7-18-23(32)15(3)11-34-13-26(27)21(35-26)9-19(14(2)8-17-12-36-16(4)28-17)29-22(31)10-20(30)25(5,6)24(18)33/h8,12,15,18-21,23,30,32H,7,9-11,13H2,1-6H3,(H,29,31)/b14-8+/t15-,18+,19-,20-,21?,23-,26?/m0/s1. The molecule has 10 heteroatoms. The first-order valence-electron chi connectivity index (χ1n) is 12.5. The molecule has 1 amide bonds. The van der Waals surface area contributed by atoms with E-state index in [0.29, 0.717) is 6.42 Å². The van der Waals surface area contributed by atoms with Crippen LogP contribution in [0.1, 0.15) is 64.6 Å². The Morgan fingerprint density at radius 3 is 2.67 bits per heavy atom. The first-order valence-corrected chi connectivity index (χ1v) is 13.4. The maximum absolute atomic E-state index is 15.2. The highest BCUT2D eigenvalue weighted by Gasteiger charge is 2.59. The van der Waals surface area contributed by atoms with Gasteiger partial charge in [-0.15, -0.1) is 11.3 Å². The van der Waals surface area contributed by atoms with Gasteiger partial charge < -0.3 is 25.0 Å². The Balaban J connectivity index is 1.87. The van der Waals surface area contributed by atoms with Crippen molar-refractivity contribution in [3.63, 3.8) is 0 Å². The number of thiazole rings is 1. The molecule has 1 aromatic heterocycles. The monoisotopic (exact) mass is 526 g/mol. The number of carbonyl (C=O) groups excluding carboxylic acids is 2. The Morgan fingerprint density at radius 1 is 1.36 bits per heavy atom. The van der Waals surface area contributed by atoms with Crippen molar-refractivity contribution < 1.29 is 33.7 Å². The van der Waals surface area contributed by atoms with E-state index >= 15 is 4.39 Å². The number of aromatic nitrogens is 1. The molecule has 7 atom stereocenters. The van der Waals surface area contributed by atoms with Gasteiger partial charge in [0, 0.05) is 23.6 Å². The van der Waals surface area contributed by atoms with E-state index in [4.69, 9.17) is 9.47 Å². The van der Waals surface area contributed by atoms with Crippen molar-refractivity contribution in [1.82, 2.24) is 10.3 Å². The van der Waals surface area contributed by atoms with Crippen molar-refractivity contribution in [2.45, 2.75) is 91.0 Å². The number of aliphatic hydroxyl groups excluding tert-OH is 2. The SMILES string of the molecule is CC[C@H]1C(=O)C(C)(C)[C@@H](O)CC(=O)N[C@H](/C(C)=C/c2csc(C)n2)CC2OC2(F)COC[C@H](C)[C@@H]1O. The molecule has 3 rings (SSSR count). The number of nitrogens with zero attached hydrogens (tertiary/aromatic N) is 1. The second-order valence-corrected chi connectivity index (χ2v) is 11.8. The first-order chi connectivity index (χ1) is 16.8. The lowest BCUT2D eigenvalue weighted by Crippen LogP contribution is -2.48. The van der Waals surface area contributed by atoms with Crippen molar-refractivity contribution >= 4 is 29.1 Å². The second kappa shape index (κ2) is 11.3. The molecule has 0 bridgehead atoms. The zero-order valence-corrected chi connectivity index (χ0v) is 22.7. The lowest BCUT2D eigenvalue weighted by Gasteiger charge is -2.35. The van der Waals surface area contributed by atoms with Crippen LogP contribution in [0.15, 0.2) is 11.0 Å². The van der Waals surface area contributed by atoms with Crippen LogP contribution in [0.3, 0.4) is 0 Å². The van der Waals surface area contributed by atoms with E-state index in [1.165, 1.54) is 11.3 Å². The largest absolute Gasteiger partial charge is 0.392 e. The van der Waals surface area contributed by atoms with Gasteiger partial charge in [-0.25, -0.2) is 9.37 Å². The average Bonchev–Trinajstić information content (AvgIpc) is 3.24. The van der Waals surface area contributed by atoms with E-state index in [-0.39, 0.29) is 31.8 Å². The van der Waals surface area contributed by atoms with Crippen molar-refractivity contribution in [3.05, 3.63) is 21.7 Å². The fourth-order valence-corrected chi connectivity index (χ4v) is 5.26. The van der Waals surface area contributed by atoms with Gasteiger partial charge in [0.1, 0.15) is 18.5 Å². The molecular weight excluding hydrogens is 487 g/mol. The highest BCUT2D eigenvalue weighted by atomic mass is 32.1. The number of ether oxygens (including phenoxy) is 2. The zero-order valence-electron chi connectivity index (χ0n) is 21.9. The fourth-order valence-electron chi connectivity index (χ4n) is 4.69. The van der Waals surface area contributed by atoms with Crippen LogP contribution >= 0.6 is 11.3 Å². The number of aryl methyl sites for hydroxylation is 1. The molecule has 1 aromatic rings. The van der Waals surface area contributed by atoms with E-state index in [1.807, 2.05) is 25.3 Å². The van der Waals surface area contributed by atoms with E-state index in [0.717, 1.165) is 16.3 Å². The number of ketones is 1. The summed E-state index contributed by atoms with van der Waals surface area (Å²) in [4.78, 5) is 30.8. The molecule has 3 heterocycles. The van der Waals surface area contributed by atoms with Gasteiger partial charge >= 0.3 is 0 Å². The molecule has 2 fully saturated rings. The van der Waals surface area contributed by atoms with Crippen LogP contribution in [0.2, 0.25) is 0 Å². The third-order valence-corrected chi connectivity index (χ3v) is 8.20. The molecule has 0 aromatic carbocycles. The number of halogens is 1. The Hall–Kier alpha value is -1.72. The van der Waals surface area contributed by atoms with Gasteiger partial charge in [0.05, 0.1) is 47.4 Å². The van der Waals surface area contributed by atoms with Gasteiger partial charge in [-0.3, -0.25) is 9.59 Å². The number of carbonyl (C=O) groups is 2. The normalized spacial score (nSPS) is 36.8. The number of Topliss-reactive ketones (excluding diaryl/α,β-unsaturated/α-hetero) is 1. The van der Waals surface area contributed by atoms with Crippen molar-refractivity contribution in [2.24, 2.45) is 17.3 Å². The molecule has 0 radical (unpaired) electrons. The summed E-state index contributed by atoms with van der Waals surface area (Å²) in [5, 5.41) is 27.5. The van der Waals surface area contributed by atoms with Gasteiger partial charge in [-0.05, 0) is 31.9 Å². The number of hydrogen-bond acceptors (Lipinski definition) is 8. The number of nitrogens with one attached hydrogen (secondary N) is 1. The zero-order chi connectivity index (χ0) is 26.8. The molecule has 202 valence electrons. The van der Waals surface area contributed by atoms with Crippen LogP contribution in [0, 0.1) is 24.2 Å². The number of epoxide rings is 1. The van der Waals surface area contributed by atoms with Gasteiger partial charge in [-0.2, -0.15) is 0 Å². The highest BCUT2D eigenvalue weighted by Crippen LogP contribution is 2.42. The molecular formula is C26H39FN2O6S. The minimum atomic E-state index is -1.98. The Morgan fingerprint density at radius 2 is 2.06 bits per heavy atom. The topological polar surface area (TPSA) is 121 Å². The smallest absolute Gasteiger partial charge is 0.259 e. The van der Waals surface area contributed by atoms with E-state index in [2.05, 4.69) is 10.3 Å². The van der Waals surface area contributed by atoms with Crippen LogP contribution in [-0.2, 0) is 19.1 Å². The number of hydrogen-bond donors (Lipinski definition) is 3. The molecule has 36 heavy (non-hydrogen) atoms. The lowest BCUT2D eigenvalue weighted by molar-refractivity contribution is -0.145. The fraction of sp³-hybridized carbons (Fsp3) is 0.731. The molecule has 2 saturated heterocycles. The number of aliphatic hydroxyl groups is 2. The second-order valence-electron chi connectivity index (χ2n) is 10.7. The molecule has 0 spiro atoms. The summed E-state index contributed by atoms with van der Waals surface area (Å²) in [6.07, 6.45) is -1.02. The predicted molar refractivity (Wildman–Crippen MR) is 135 cm³/mol. The first kappa shape index (κ1) is 28.8. The third kappa shape index (κ3) is 6.58. The molecule has 0 aliphatic carbocycles. The van der Waals surface area contributed by atoms with Gasteiger partial charge in [0.2, 0.25) is 5.91 Å². The third-order valence-electron chi connectivity index (χ3n) is 7.41. The van der Waals surface area contributed by atoms with E-state index < -0.39 is 53.4 Å². The van der Waals surface area contributed by atoms with Crippen LogP contribution in [0.5, 0.6) is 0 Å². The number of amides is 1. The molecule has 8 nitrogen and oxygen atoms in total. The number of alkyl halides is 1. The predicted octanol–water partition coefficient (Wildman–Crippen LogP) is 3.19. The molecule has 0 saturated carbocycles. The van der Waals surface area contributed by atoms with Crippen LogP contribution in [0.4, 0.5) is 4.39 Å². The molecule has 2 aliphatic heterocycles. The molecule has 2 unspecified atom stereocenters. The summed E-state index contributed by atoms with van der Waals surface area (Å²) in [5.41, 5.74) is 0.247. The summed E-state index contributed by atoms with van der Waals surface area (Å²) < 4.78 is 26.1. The summed E-state index contributed by atoms with van der Waals surface area (Å²) in [7, 11) is 0. The Kier molecular flexibility index (Phi) is 9.09. The lowest BCUT2D eigenvalue weighted by atomic mass is 9.72. The van der Waals surface area contributed by atoms with Crippen molar-refractivity contribution in [3.8, 4) is 0 Å². The maximum Gasteiger partial charge on any atom is 0.259 e. The van der Waals surface area contributed by atoms with Crippen LogP contribution in [-0.4, -0.2) is 70.3 Å². The van der Waals surface area contributed by atoms with Crippen molar-refractivity contribution in [2.75, 3.05) is 13.2 Å². The number of fused-ring (bicyclic) bond motifs is 1. The van der Waals surface area contributed by atoms with Gasteiger partial charge in [0.25, 0.3) is 5.85 Å². The van der Waals surface area contributed by atoms with E-state index in [9.17, 15) is 19.8 Å². The van der Waals surface area contributed by atoms with Crippen LogP contribution < -0.4 is 5.32 Å². The Bertz CT molecular complexity index is 981. The van der Waals surface area contributed by atoms with Gasteiger partial charge in [-0.1, -0.05) is 27.7 Å². The summed E-state index contributed by atoms with van der Waals surface area (Å²) >= 11 is 1.50. The summed E-state index contributed by atoms with van der Waals surface area (Å²) in [5.74, 6) is -3.97. The molecule has 2 aliphatic rings. The summed E-state index contributed by atoms with van der Waals surface area (Å²) in [6.45, 7) is 10.2. The highest BCUT2D eigenvalue weighted by molar-refractivity contribution is 7.09. The van der Waals surface area contributed by atoms with E-state index in [1.54, 1.807) is 27.7 Å². The summed E-state index contributed by atoms with van der Waals surface area (Å²) in [6, 6.07) is -0.565. The van der Waals surface area contributed by atoms with Crippen molar-refractivity contribution in [1.29, 1.82) is 0 Å². The molecule has 3 N–H and O–H groups in total. The quantitative estimate of drug-likeness (QED) is 0.517. The van der Waals surface area contributed by atoms with Crippen LogP contribution in [0.25, 0.3) is 6.08 Å². The Labute approximate surface area is 216 Å². The minimum absolute atomic E-state index is 0.0535. The number of rotatable bonds is 3. The maximum atomic E-state index is 15.2. The van der Waals surface area contributed by atoms with Gasteiger partial charge in [0.15, 0.2) is 0 Å². The average molecular weight is 527 g/mol. The minimum Gasteiger partial charge on any atom is -0.392 e.